The third kappa shape index (κ3) is 4.24. The summed E-state index contributed by atoms with van der Waals surface area (Å²) in [6.45, 7) is 8.13. The molecule has 2 rings (SSSR count). The second-order valence-corrected chi connectivity index (χ2v) is 7.04. The van der Waals surface area contributed by atoms with Gasteiger partial charge in [-0.15, -0.1) is 0 Å². The van der Waals surface area contributed by atoms with E-state index in [4.69, 9.17) is 0 Å². The van der Waals surface area contributed by atoms with E-state index in [0.717, 1.165) is 18.3 Å². The summed E-state index contributed by atoms with van der Waals surface area (Å²) < 4.78 is 0. The molecule has 112 valence electrons. The molecule has 0 bridgehead atoms. The third-order valence-corrected chi connectivity index (χ3v) is 5.47. The zero-order chi connectivity index (χ0) is 14.4. The summed E-state index contributed by atoms with van der Waals surface area (Å²) in [5.41, 5.74) is 1.42. The largest absolute Gasteiger partial charge is 0.307 e. The zero-order valence-electron chi connectivity index (χ0n) is 13.0. The highest BCUT2D eigenvalue weighted by Crippen LogP contribution is 2.22. The molecule has 2 nitrogen and oxygen atoms in total. The van der Waals surface area contributed by atoms with E-state index >= 15 is 0 Å². The van der Waals surface area contributed by atoms with Crippen LogP contribution in [-0.4, -0.2) is 42.1 Å². The minimum atomic E-state index is 0.489. The topological polar surface area (TPSA) is 15.3 Å². The van der Waals surface area contributed by atoms with Crippen molar-refractivity contribution in [1.29, 1.82) is 0 Å². The van der Waals surface area contributed by atoms with E-state index in [0.29, 0.717) is 12.1 Å². The Morgan fingerprint density at radius 2 is 2.10 bits per heavy atom. The van der Waals surface area contributed by atoms with Crippen LogP contribution >= 0.6 is 11.8 Å². The predicted octanol–water partition coefficient (Wildman–Crippen LogP) is 3.55. The molecule has 0 saturated carbocycles. The van der Waals surface area contributed by atoms with Crippen LogP contribution in [0.5, 0.6) is 0 Å². The fourth-order valence-electron chi connectivity index (χ4n) is 2.91. The molecule has 20 heavy (non-hydrogen) atoms. The summed E-state index contributed by atoms with van der Waals surface area (Å²) in [4.78, 5) is 2.70. The van der Waals surface area contributed by atoms with Gasteiger partial charge >= 0.3 is 0 Å². The molecule has 1 aliphatic rings. The van der Waals surface area contributed by atoms with Crippen LogP contribution in [0.1, 0.15) is 38.3 Å². The van der Waals surface area contributed by atoms with Gasteiger partial charge in [0.1, 0.15) is 0 Å². The Kier molecular flexibility index (Phi) is 6.40. The van der Waals surface area contributed by atoms with Gasteiger partial charge < -0.3 is 5.32 Å². The van der Waals surface area contributed by atoms with Gasteiger partial charge in [0, 0.05) is 30.4 Å². The van der Waals surface area contributed by atoms with Crippen LogP contribution in [0.3, 0.4) is 0 Å². The maximum absolute atomic E-state index is 3.72. The van der Waals surface area contributed by atoms with E-state index in [-0.39, 0.29) is 0 Å². The molecule has 0 aromatic heterocycles. The van der Waals surface area contributed by atoms with Crippen molar-refractivity contribution in [3.05, 3.63) is 35.9 Å². The highest BCUT2D eigenvalue weighted by Gasteiger charge is 2.27. The smallest absolute Gasteiger partial charge is 0.0449 e. The van der Waals surface area contributed by atoms with E-state index in [1.165, 1.54) is 24.9 Å². The number of rotatable bonds is 6. The lowest BCUT2D eigenvalue weighted by atomic mass is 10.0. The number of nitrogens with one attached hydrogen (secondary N) is 1. The van der Waals surface area contributed by atoms with Gasteiger partial charge in [0.25, 0.3) is 0 Å². The lowest BCUT2D eigenvalue weighted by Gasteiger charge is -2.40. The van der Waals surface area contributed by atoms with Crippen LogP contribution in [0, 0.1) is 0 Å². The first kappa shape index (κ1) is 15.9. The first-order valence-corrected chi connectivity index (χ1v) is 9.08. The van der Waals surface area contributed by atoms with Crippen LogP contribution in [0.4, 0.5) is 0 Å². The molecule has 0 radical (unpaired) electrons. The highest BCUT2D eigenvalue weighted by atomic mass is 32.2. The Hall–Kier alpha value is -0.510. The Morgan fingerprint density at radius 1 is 1.35 bits per heavy atom. The monoisotopic (exact) mass is 292 g/mol. The fraction of sp³-hybridized carbons (Fsp3) is 0.647. The molecule has 1 aromatic rings. The number of thioether (sulfide) groups is 1. The molecule has 1 heterocycles. The highest BCUT2D eigenvalue weighted by molar-refractivity contribution is 7.99. The molecule has 0 aliphatic carbocycles. The van der Waals surface area contributed by atoms with Gasteiger partial charge in [0.15, 0.2) is 0 Å². The summed E-state index contributed by atoms with van der Waals surface area (Å²) in [7, 11) is 0. The average Bonchev–Trinajstić information content (AvgIpc) is 2.53. The van der Waals surface area contributed by atoms with Crippen LogP contribution in [0.2, 0.25) is 0 Å². The average molecular weight is 292 g/mol. The quantitative estimate of drug-likeness (QED) is 0.863. The SMILES string of the molecule is CCC1CNC(c2ccccc2)CN1CCC(C)SC. The van der Waals surface area contributed by atoms with Crippen molar-refractivity contribution in [2.75, 3.05) is 25.9 Å². The van der Waals surface area contributed by atoms with Crippen LogP contribution < -0.4 is 5.32 Å². The summed E-state index contributed by atoms with van der Waals surface area (Å²) in [5.74, 6) is 0. The van der Waals surface area contributed by atoms with Crippen molar-refractivity contribution >= 4 is 11.8 Å². The lowest BCUT2D eigenvalue weighted by Crippen LogP contribution is -2.52. The first-order valence-electron chi connectivity index (χ1n) is 7.79. The van der Waals surface area contributed by atoms with Crippen molar-refractivity contribution < 1.29 is 0 Å². The van der Waals surface area contributed by atoms with Crippen LogP contribution in [0.25, 0.3) is 0 Å². The van der Waals surface area contributed by atoms with Gasteiger partial charge in [0.2, 0.25) is 0 Å². The summed E-state index contributed by atoms with van der Waals surface area (Å²) in [6.07, 6.45) is 4.74. The molecular weight excluding hydrogens is 264 g/mol. The van der Waals surface area contributed by atoms with Crippen molar-refractivity contribution in [1.82, 2.24) is 10.2 Å². The van der Waals surface area contributed by atoms with Gasteiger partial charge in [-0.05, 0) is 31.2 Å². The van der Waals surface area contributed by atoms with Crippen molar-refractivity contribution in [2.45, 2.75) is 44.0 Å². The normalized spacial score (nSPS) is 25.6. The Labute approximate surface area is 128 Å². The van der Waals surface area contributed by atoms with E-state index in [1.54, 1.807) is 0 Å². The first-order chi connectivity index (χ1) is 9.74. The third-order valence-electron chi connectivity index (χ3n) is 4.43. The molecule has 0 spiro atoms. The molecule has 1 aromatic carbocycles. The molecular formula is C17H28N2S. The zero-order valence-corrected chi connectivity index (χ0v) is 13.8. The molecule has 0 amide bonds. The summed E-state index contributed by atoms with van der Waals surface area (Å²) in [5, 5.41) is 4.48. The molecule has 3 heteroatoms. The number of hydrogen-bond donors (Lipinski definition) is 1. The Balaban J connectivity index is 1.96. The Bertz CT molecular complexity index is 382. The number of hydrogen-bond acceptors (Lipinski definition) is 3. The van der Waals surface area contributed by atoms with Crippen LogP contribution in [-0.2, 0) is 0 Å². The van der Waals surface area contributed by atoms with Gasteiger partial charge in [-0.25, -0.2) is 0 Å². The minimum absolute atomic E-state index is 0.489. The standard InChI is InChI=1S/C17H28N2S/c1-4-16-12-18-17(15-8-6-5-7-9-15)13-19(16)11-10-14(2)20-3/h5-9,14,16-18H,4,10-13H2,1-3H3. The summed E-state index contributed by atoms with van der Waals surface area (Å²) in [6, 6.07) is 12.1. The van der Waals surface area contributed by atoms with Gasteiger partial charge in [-0.3, -0.25) is 4.90 Å². The molecule has 1 fully saturated rings. The number of benzene rings is 1. The lowest BCUT2D eigenvalue weighted by molar-refractivity contribution is 0.125. The summed E-state index contributed by atoms with van der Waals surface area (Å²) >= 11 is 1.98. The predicted molar refractivity (Wildman–Crippen MR) is 90.4 cm³/mol. The van der Waals surface area contributed by atoms with E-state index in [1.807, 2.05) is 11.8 Å². The second kappa shape index (κ2) is 8.06. The van der Waals surface area contributed by atoms with Crippen molar-refractivity contribution in [2.24, 2.45) is 0 Å². The maximum Gasteiger partial charge on any atom is 0.0449 e. The van der Waals surface area contributed by atoms with E-state index < -0.39 is 0 Å². The van der Waals surface area contributed by atoms with Gasteiger partial charge in [-0.2, -0.15) is 11.8 Å². The Morgan fingerprint density at radius 3 is 2.75 bits per heavy atom. The van der Waals surface area contributed by atoms with E-state index in [9.17, 15) is 0 Å². The van der Waals surface area contributed by atoms with E-state index in [2.05, 4.69) is 60.7 Å². The minimum Gasteiger partial charge on any atom is -0.307 e. The number of nitrogens with zero attached hydrogens (tertiary/aromatic N) is 1. The van der Waals surface area contributed by atoms with Crippen molar-refractivity contribution in [3.63, 3.8) is 0 Å². The number of piperazine rings is 1. The maximum atomic E-state index is 3.72. The van der Waals surface area contributed by atoms with Gasteiger partial charge in [0.05, 0.1) is 0 Å². The van der Waals surface area contributed by atoms with Gasteiger partial charge in [-0.1, -0.05) is 44.2 Å². The second-order valence-electron chi connectivity index (χ2n) is 5.76. The molecule has 3 unspecified atom stereocenters. The molecule has 1 saturated heterocycles. The molecule has 1 N–H and O–H groups in total. The fourth-order valence-corrected chi connectivity index (χ4v) is 3.25. The molecule has 1 aliphatic heterocycles. The molecule has 3 atom stereocenters. The van der Waals surface area contributed by atoms with Crippen LogP contribution in [0.15, 0.2) is 30.3 Å². The van der Waals surface area contributed by atoms with Crippen molar-refractivity contribution in [3.8, 4) is 0 Å².